The summed E-state index contributed by atoms with van der Waals surface area (Å²) < 4.78 is 2.04. The van der Waals surface area contributed by atoms with E-state index < -0.39 is 0 Å². The van der Waals surface area contributed by atoms with Crippen LogP contribution in [-0.4, -0.2) is 32.5 Å². The molecule has 1 aromatic heterocycles. The Morgan fingerprint density at radius 3 is 2.64 bits per heavy atom. The van der Waals surface area contributed by atoms with Crippen molar-refractivity contribution in [1.82, 2.24) is 20.1 Å². The van der Waals surface area contributed by atoms with E-state index in [4.69, 9.17) is 0 Å². The van der Waals surface area contributed by atoms with Crippen molar-refractivity contribution in [1.29, 1.82) is 0 Å². The first-order valence-corrected chi connectivity index (χ1v) is 8.55. The van der Waals surface area contributed by atoms with Crippen LogP contribution >= 0.6 is 11.8 Å². The van der Waals surface area contributed by atoms with Crippen molar-refractivity contribution in [2.24, 2.45) is 0 Å². The van der Waals surface area contributed by atoms with Crippen LogP contribution in [0.2, 0.25) is 0 Å². The number of carbonyl (C=O) groups excluding carboxylic acids is 1. The molecular weight excluding hydrogens is 296 g/mol. The second kappa shape index (κ2) is 7.98. The topological polar surface area (TPSA) is 59.8 Å². The maximum Gasteiger partial charge on any atom is 0.230 e. The molecule has 1 amide bonds. The first-order chi connectivity index (χ1) is 10.7. The third-order valence-corrected chi connectivity index (χ3v) is 4.38. The quantitative estimate of drug-likeness (QED) is 0.797. The number of nitrogens with one attached hydrogen (secondary N) is 1. The van der Waals surface area contributed by atoms with Crippen LogP contribution in [0.15, 0.2) is 35.5 Å². The van der Waals surface area contributed by atoms with Gasteiger partial charge in [-0.1, -0.05) is 49.0 Å². The highest BCUT2D eigenvalue weighted by atomic mass is 32.2. The zero-order valence-electron chi connectivity index (χ0n) is 13.2. The Balaban J connectivity index is 2.07. The molecule has 2 rings (SSSR count). The summed E-state index contributed by atoms with van der Waals surface area (Å²) in [6.45, 7) is 6.88. The summed E-state index contributed by atoms with van der Waals surface area (Å²) in [4.78, 5) is 11.9. The van der Waals surface area contributed by atoms with Gasteiger partial charge in [-0.15, -0.1) is 10.2 Å². The van der Waals surface area contributed by atoms with E-state index in [1.165, 1.54) is 11.8 Å². The van der Waals surface area contributed by atoms with Gasteiger partial charge < -0.3 is 9.88 Å². The molecule has 2 aromatic rings. The molecule has 0 saturated carbocycles. The molecule has 1 atom stereocenters. The van der Waals surface area contributed by atoms with E-state index in [1.807, 2.05) is 41.8 Å². The highest BCUT2D eigenvalue weighted by Crippen LogP contribution is 2.23. The molecule has 1 heterocycles. The molecule has 22 heavy (non-hydrogen) atoms. The molecular formula is C16H22N4OS. The number of hydrogen-bond donors (Lipinski definition) is 1. The summed E-state index contributed by atoms with van der Waals surface area (Å²) in [6, 6.07) is 10.2. The number of aromatic nitrogens is 3. The van der Waals surface area contributed by atoms with Gasteiger partial charge in [-0.2, -0.15) is 0 Å². The second-order valence-electron chi connectivity index (χ2n) is 5.08. The van der Waals surface area contributed by atoms with Crippen molar-refractivity contribution in [2.45, 2.75) is 44.9 Å². The van der Waals surface area contributed by atoms with E-state index in [0.29, 0.717) is 5.75 Å². The molecule has 5 nitrogen and oxygen atoms in total. The SMILES string of the molecule is CC[C@@H](C)NC(=O)CSc1nnc(-c2ccccc2)n1CC. The van der Waals surface area contributed by atoms with Crippen LogP contribution in [0.25, 0.3) is 11.4 Å². The average molecular weight is 318 g/mol. The van der Waals surface area contributed by atoms with Crippen molar-refractivity contribution in [3.05, 3.63) is 30.3 Å². The van der Waals surface area contributed by atoms with Gasteiger partial charge in [-0.25, -0.2) is 0 Å². The fourth-order valence-corrected chi connectivity index (χ4v) is 2.84. The molecule has 6 heteroatoms. The van der Waals surface area contributed by atoms with Gasteiger partial charge in [0.25, 0.3) is 0 Å². The van der Waals surface area contributed by atoms with Crippen LogP contribution in [0.4, 0.5) is 0 Å². The van der Waals surface area contributed by atoms with Crippen molar-refractivity contribution in [3.63, 3.8) is 0 Å². The van der Waals surface area contributed by atoms with Crippen molar-refractivity contribution >= 4 is 17.7 Å². The highest BCUT2D eigenvalue weighted by molar-refractivity contribution is 7.99. The fraction of sp³-hybridized carbons (Fsp3) is 0.438. The van der Waals surface area contributed by atoms with Crippen LogP contribution < -0.4 is 5.32 Å². The van der Waals surface area contributed by atoms with E-state index in [9.17, 15) is 4.79 Å². The van der Waals surface area contributed by atoms with E-state index in [-0.39, 0.29) is 11.9 Å². The standard InChI is InChI=1S/C16H22N4OS/c1-4-12(3)17-14(21)11-22-16-19-18-15(20(16)5-2)13-9-7-6-8-10-13/h6-10,12H,4-5,11H2,1-3H3,(H,17,21)/t12-/m1/s1. The smallest absolute Gasteiger partial charge is 0.230 e. The van der Waals surface area contributed by atoms with E-state index in [1.54, 1.807) is 0 Å². The summed E-state index contributed by atoms with van der Waals surface area (Å²) in [6.07, 6.45) is 0.930. The summed E-state index contributed by atoms with van der Waals surface area (Å²) >= 11 is 1.43. The van der Waals surface area contributed by atoms with Crippen molar-refractivity contribution in [3.8, 4) is 11.4 Å². The zero-order chi connectivity index (χ0) is 15.9. The maximum atomic E-state index is 11.9. The summed E-state index contributed by atoms with van der Waals surface area (Å²) in [5.41, 5.74) is 1.03. The van der Waals surface area contributed by atoms with Gasteiger partial charge in [-0.3, -0.25) is 4.79 Å². The molecule has 0 aliphatic carbocycles. The molecule has 0 aliphatic rings. The monoisotopic (exact) mass is 318 g/mol. The Morgan fingerprint density at radius 1 is 1.27 bits per heavy atom. The van der Waals surface area contributed by atoms with Crippen LogP contribution in [0.1, 0.15) is 27.2 Å². The van der Waals surface area contributed by atoms with Crippen LogP contribution in [0, 0.1) is 0 Å². The van der Waals surface area contributed by atoms with E-state index >= 15 is 0 Å². The predicted octanol–water partition coefficient (Wildman–Crippen LogP) is 2.97. The number of amides is 1. The molecule has 118 valence electrons. The van der Waals surface area contributed by atoms with Crippen molar-refractivity contribution < 1.29 is 4.79 Å². The zero-order valence-corrected chi connectivity index (χ0v) is 14.1. The Morgan fingerprint density at radius 2 is 2.00 bits per heavy atom. The Bertz CT molecular complexity index is 612. The van der Waals surface area contributed by atoms with E-state index in [2.05, 4.69) is 29.4 Å². The molecule has 0 saturated heterocycles. The van der Waals surface area contributed by atoms with E-state index in [0.717, 1.165) is 29.5 Å². The molecule has 0 radical (unpaired) electrons. The Labute approximate surface area is 135 Å². The van der Waals surface area contributed by atoms with Crippen LogP contribution in [0.5, 0.6) is 0 Å². The third kappa shape index (κ3) is 4.10. The molecule has 0 fully saturated rings. The van der Waals surface area contributed by atoms with Crippen LogP contribution in [-0.2, 0) is 11.3 Å². The van der Waals surface area contributed by atoms with Gasteiger partial charge >= 0.3 is 0 Å². The lowest BCUT2D eigenvalue weighted by Crippen LogP contribution is -2.33. The fourth-order valence-electron chi connectivity index (χ4n) is 2.03. The minimum Gasteiger partial charge on any atom is -0.353 e. The third-order valence-electron chi connectivity index (χ3n) is 3.42. The number of benzene rings is 1. The summed E-state index contributed by atoms with van der Waals surface area (Å²) in [5.74, 6) is 1.23. The van der Waals surface area contributed by atoms with Gasteiger partial charge in [0.1, 0.15) is 0 Å². The minimum atomic E-state index is 0.0336. The molecule has 0 bridgehead atoms. The lowest BCUT2D eigenvalue weighted by Gasteiger charge is -2.11. The number of hydrogen-bond acceptors (Lipinski definition) is 4. The normalized spacial score (nSPS) is 12.1. The molecule has 1 N–H and O–H groups in total. The lowest BCUT2D eigenvalue weighted by molar-refractivity contribution is -0.119. The molecule has 1 aromatic carbocycles. The average Bonchev–Trinajstić information content (AvgIpc) is 2.96. The number of thioether (sulfide) groups is 1. The molecule has 0 aliphatic heterocycles. The number of carbonyl (C=O) groups is 1. The second-order valence-corrected chi connectivity index (χ2v) is 6.02. The van der Waals surface area contributed by atoms with Gasteiger partial charge in [0.2, 0.25) is 5.91 Å². The van der Waals surface area contributed by atoms with Crippen LogP contribution in [0.3, 0.4) is 0 Å². The Hall–Kier alpha value is -1.82. The van der Waals surface area contributed by atoms with Gasteiger partial charge in [0.05, 0.1) is 5.75 Å². The first kappa shape index (κ1) is 16.5. The largest absolute Gasteiger partial charge is 0.353 e. The summed E-state index contributed by atoms with van der Waals surface area (Å²) in [5, 5.41) is 12.2. The van der Waals surface area contributed by atoms with Gasteiger partial charge in [-0.05, 0) is 20.3 Å². The molecule has 0 spiro atoms. The summed E-state index contributed by atoms with van der Waals surface area (Å²) in [7, 11) is 0. The number of nitrogens with zero attached hydrogens (tertiary/aromatic N) is 3. The maximum absolute atomic E-state index is 11.9. The predicted molar refractivity (Wildman–Crippen MR) is 89.8 cm³/mol. The van der Waals surface area contributed by atoms with Gasteiger partial charge in [0, 0.05) is 18.2 Å². The highest BCUT2D eigenvalue weighted by Gasteiger charge is 2.14. The van der Waals surface area contributed by atoms with Gasteiger partial charge in [0.15, 0.2) is 11.0 Å². The minimum absolute atomic E-state index is 0.0336. The molecule has 0 unspecified atom stereocenters. The Kier molecular flexibility index (Phi) is 6.00. The lowest BCUT2D eigenvalue weighted by atomic mass is 10.2. The number of rotatable bonds is 7. The van der Waals surface area contributed by atoms with Crippen molar-refractivity contribution in [2.75, 3.05) is 5.75 Å². The first-order valence-electron chi connectivity index (χ1n) is 7.56.